The highest BCUT2D eigenvalue weighted by atomic mass is 16.5. The van der Waals surface area contributed by atoms with Crippen LogP contribution in [0.5, 0.6) is 11.5 Å². The fourth-order valence-electron chi connectivity index (χ4n) is 1.73. The molecule has 5 nitrogen and oxygen atoms in total. The second-order valence-corrected chi connectivity index (χ2v) is 3.72. The van der Waals surface area contributed by atoms with Crippen molar-refractivity contribution in [2.24, 2.45) is 0 Å². The van der Waals surface area contributed by atoms with Gasteiger partial charge in [0, 0.05) is 12.5 Å². The number of anilines is 1. The smallest absolute Gasteiger partial charge is 0.328 e. The molecule has 1 aromatic rings. The predicted molar refractivity (Wildman–Crippen MR) is 62.5 cm³/mol. The van der Waals surface area contributed by atoms with Gasteiger partial charge in [-0.25, -0.2) is 4.79 Å². The van der Waals surface area contributed by atoms with Crippen LogP contribution in [0.2, 0.25) is 0 Å². The summed E-state index contributed by atoms with van der Waals surface area (Å²) in [5.41, 5.74) is 0.761. The maximum absolute atomic E-state index is 11.4. The lowest BCUT2D eigenvalue weighted by atomic mass is 10.2. The van der Waals surface area contributed by atoms with Crippen LogP contribution in [0.4, 0.5) is 5.69 Å². The molecule has 1 aliphatic heterocycles. The van der Waals surface area contributed by atoms with E-state index < -0.39 is 0 Å². The largest absolute Gasteiger partial charge is 0.497 e. The quantitative estimate of drug-likeness (QED) is 0.803. The second-order valence-electron chi connectivity index (χ2n) is 3.72. The number of hydrogen-bond donors (Lipinski definition) is 1. The Morgan fingerprint density at radius 1 is 1.35 bits per heavy atom. The molecule has 0 amide bonds. The lowest BCUT2D eigenvalue weighted by molar-refractivity contribution is -0.138. The van der Waals surface area contributed by atoms with E-state index in [1.807, 2.05) is 12.1 Å². The van der Waals surface area contributed by atoms with Gasteiger partial charge < -0.3 is 19.5 Å². The summed E-state index contributed by atoms with van der Waals surface area (Å²) in [7, 11) is 3.17. The first-order valence-electron chi connectivity index (χ1n) is 5.40. The number of cyclic esters (lactones) is 1. The second kappa shape index (κ2) is 4.95. The third-order valence-corrected chi connectivity index (χ3v) is 2.67. The molecule has 1 heterocycles. The van der Waals surface area contributed by atoms with E-state index in [9.17, 15) is 4.79 Å². The number of ether oxygens (including phenoxy) is 3. The third-order valence-electron chi connectivity index (χ3n) is 2.67. The molecule has 92 valence electrons. The van der Waals surface area contributed by atoms with Gasteiger partial charge in [0.1, 0.15) is 17.5 Å². The molecule has 1 saturated heterocycles. The Morgan fingerprint density at radius 3 is 2.76 bits per heavy atom. The number of hydrogen-bond acceptors (Lipinski definition) is 5. The summed E-state index contributed by atoms with van der Waals surface area (Å²) >= 11 is 0. The number of carbonyl (C=O) groups excluding carboxylic acids is 1. The van der Waals surface area contributed by atoms with Gasteiger partial charge in [0.25, 0.3) is 0 Å². The summed E-state index contributed by atoms with van der Waals surface area (Å²) in [6.07, 6.45) is 0.675. The standard InChI is InChI=1S/C12H15NO4/c1-15-8-3-4-9(11(7-8)16-2)13-10-5-6-17-12(10)14/h3-4,7,10,13H,5-6H2,1-2H3/t10-/m1/s1. The van der Waals surface area contributed by atoms with Crippen LogP contribution in [-0.2, 0) is 9.53 Å². The van der Waals surface area contributed by atoms with E-state index in [0.717, 1.165) is 5.69 Å². The Morgan fingerprint density at radius 2 is 2.18 bits per heavy atom. The fourth-order valence-corrected chi connectivity index (χ4v) is 1.73. The van der Waals surface area contributed by atoms with Crippen LogP contribution in [0.1, 0.15) is 6.42 Å². The minimum atomic E-state index is -0.294. The molecule has 0 saturated carbocycles. The molecule has 1 aliphatic rings. The molecule has 5 heteroatoms. The summed E-state index contributed by atoms with van der Waals surface area (Å²) in [6, 6.07) is 5.11. The van der Waals surface area contributed by atoms with Crippen LogP contribution in [0.3, 0.4) is 0 Å². The molecule has 1 atom stereocenters. The highest BCUT2D eigenvalue weighted by Crippen LogP contribution is 2.30. The van der Waals surface area contributed by atoms with Crippen molar-refractivity contribution in [1.29, 1.82) is 0 Å². The van der Waals surface area contributed by atoms with Crippen LogP contribution in [0.15, 0.2) is 18.2 Å². The summed E-state index contributed by atoms with van der Waals surface area (Å²) in [4.78, 5) is 11.4. The minimum Gasteiger partial charge on any atom is -0.497 e. The molecular formula is C12H15NO4. The zero-order valence-corrected chi connectivity index (χ0v) is 9.86. The summed E-state index contributed by atoms with van der Waals surface area (Å²) < 4.78 is 15.2. The molecule has 0 spiro atoms. The minimum absolute atomic E-state index is 0.220. The topological polar surface area (TPSA) is 56.8 Å². The molecule has 2 rings (SSSR count). The Bertz CT molecular complexity index is 419. The number of rotatable bonds is 4. The Labute approximate surface area is 99.7 Å². The van der Waals surface area contributed by atoms with E-state index in [1.165, 1.54) is 0 Å². The van der Waals surface area contributed by atoms with E-state index in [1.54, 1.807) is 20.3 Å². The van der Waals surface area contributed by atoms with Crippen molar-refractivity contribution in [1.82, 2.24) is 0 Å². The van der Waals surface area contributed by atoms with E-state index >= 15 is 0 Å². The lowest BCUT2D eigenvalue weighted by Crippen LogP contribution is -2.24. The van der Waals surface area contributed by atoms with Gasteiger partial charge in [0.2, 0.25) is 0 Å². The molecule has 1 aromatic carbocycles. The number of nitrogens with one attached hydrogen (secondary N) is 1. The van der Waals surface area contributed by atoms with Crippen molar-refractivity contribution < 1.29 is 19.0 Å². The molecule has 17 heavy (non-hydrogen) atoms. The molecular weight excluding hydrogens is 222 g/mol. The Balaban J connectivity index is 2.17. The van der Waals surface area contributed by atoms with Crippen LogP contribution in [-0.4, -0.2) is 32.8 Å². The lowest BCUT2D eigenvalue weighted by Gasteiger charge is -2.14. The zero-order valence-electron chi connectivity index (χ0n) is 9.86. The van der Waals surface area contributed by atoms with Gasteiger partial charge in [0.15, 0.2) is 0 Å². The van der Waals surface area contributed by atoms with E-state index in [-0.39, 0.29) is 12.0 Å². The average molecular weight is 237 g/mol. The first kappa shape index (κ1) is 11.6. The average Bonchev–Trinajstić information content (AvgIpc) is 2.75. The van der Waals surface area contributed by atoms with E-state index in [0.29, 0.717) is 24.5 Å². The summed E-state index contributed by atoms with van der Waals surface area (Å²) in [5.74, 6) is 1.13. The molecule has 0 radical (unpaired) electrons. The molecule has 1 N–H and O–H groups in total. The number of methoxy groups -OCH3 is 2. The van der Waals surface area contributed by atoms with Gasteiger partial charge in [-0.3, -0.25) is 0 Å². The summed E-state index contributed by atoms with van der Waals surface area (Å²) in [5, 5.41) is 3.11. The monoisotopic (exact) mass is 237 g/mol. The highest BCUT2D eigenvalue weighted by molar-refractivity contribution is 5.81. The highest BCUT2D eigenvalue weighted by Gasteiger charge is 2.26. The van der Waals surface area contributed by atoms with Gasteiger partial charge in [-0.2, -0.15) is 0 Å². The van der Waals surface area contributed by atoms with Crippen LogP contribution in [0, 0.1) is 0 Å². The third kappa shape index (κ3) is 2.43. The van der Waals surface area contributed by atoms with Crippen molar-refractivity contribution >= 4 is 11.7 Å². The molecule has 0 aromatic heterocycles. The number of benzene rings is 1. The Kier molecular flexibility index (Phi) is 3.37. The van der Waals surface area contributed by atoms with Gasteiger partial charge in [0.05, 0.1) is 26.5 Å². The maximum atomic E-state index is 11.4. The van der Waals surface area contributed by atoms with Crippen LogP contribution < -0.4 is 14.8 Å². The first-order chi connectivity index (χ1) is 8.24. The first-order valence-corrected chi connectivity index (χ1v) is 5.40. The molecule has 1 fully saturated rings. The van der Waals surface area contributed by atoms with Crippen molar-refractivity contribution in [3.63, 3.8) is 0 Å². The van der Waals surface area contributed by atoms with Gasteiger partial charge in [-0.1, -0.05) is 0 Å². The van der Waals surface area contributed by atoms with Gasteiger partial charge in [-0.05, 0) is 12.1 Å². The van der Waals surface area contributed by atoms with Crippen molar-refractivity contribution in [3.05, 3.63) is 18.2 Å². The molecule has 0 bridgehead atoms. The van der Waals surface area contributed by atoms with E-state index in [2.05, 4.69) is 5.32 Å². The van der Waals surface area contributed by atoms with E-state index in [4.69, 9.17) is 14.2 Å². The summed E-state index contributed by atoms with van der Waals surface area (Å²) in [6.45, 7) is 0.467. The van der Waals surface area contributed by atoms with Crippen LogP contribution in [0.25, 0.3) is 0 Å². The molecule has 0 aliphatic carbocycles. The van der Waals surface area contributed by atoms with Crippen molar-refractivity contribution in [3.8, 4) is 11.5 Å². The van der Waals surface area contributed by atoms with Crippen molar-refractivity contribution in [2.75, 3.05) is 26.1 Å². The number of carbonyl (C=O) groups is 1. The molecule has 0 unspecified atom stereocenters. The van der Waals surface area contributed by atoms with Crippen molar-refractivity contribution in [2.45, 2.75) is 12.5 Å². The van der Waals surface area contributed by atoms with Crippen LogP contribution >= 0.6 is 0 Å². The van der Waals surface area contributed by atoms with Gasteiger partial charge >= 0.3 is 5.97 Å². The number of esters is 1. The zero-order chi connectivity index (χ0) is 12.3. The Hall–Kier alpha value is -1.91. The SMILES string of the molecule is COc1ccc(N[C@@H]2CCOC2=O)c(OC)c1. The maximum Gasteiger partial charge on any atom is 0.328 e. The van der Waals surface area contributed by atoms with Gasteiger partial charge in [-0.15, -0.1) is 0 Å². The normalized spacial score (nSPS) is 18.7. The predicted octanol–water partition coefficient (Wildman–Crippen LogP) is 1.43. The fraction of sp³-hybridized carbons (Fsp3) is 0.417.